The van der Waals surface area contributed by atoms with E-state index in [1.165, 1.54) is 0 Å². The first-order valence-electron chi connectivity index (χ1n) is 6.58. The summed E-state index contributed by atoms with van der Waals surface area (Å²) in [6.45, 7) is 2.17. The summed E-state index contributed by atoms with van der Waals surface area (Å²) < 4.78 is 16.4. The number of ether oxygens (including phenoxy) is 1. The number of esters is 1. The van der Waals surface area contributed by atoms with Crippen molar-refractivity contribution in [1.29, 1.82) is 0 Å². The summed E-state index contributed by atoms with van der Waals surface area (Å²) in [5.74, 6) is 1.17. The van der Waals surface area contributed by atoms with E-state index < -0.39 is 10.8 Å². The second kappa shape index (κ2) is 6.70. The Hall–Kier alpha value is -1.36. The molecule has 0 aromatic heterocycles. The minimum atomic E-state index is -0.668. The van der Waals surface area contributed by atoms with E-state index in [1.807, 2.05) is 18.2 Å². The van der Waals surface area contributed by atoms with Crippen LogP contribution in [0.15, 0.2) is 24.3 Å². The first-order valence-corrected chi connectivity index (χ1v) is 8.07. The van der Waals surface area contributed by atoms with E-state index in [1.54, 1.807) is 13.0 Å². The molecule has 0 atom stereocenters. The first-order chi connectivity index (χ1) is 9.20. The van der Waals surface area contributed by atoms with Crippen LogP contribution in [0.25, 0.3) is 0 Å². The zero-order chi connectivity index (χ0) is 13.7. The Bertz CT molecular complexity index is 466. The van der Waals surface area contributed by atoms with E-state index >= 15 is 0 Å². The molecule has 0 amide bonds. The molecule has 1 heterocycles. The Morgan fingerprint density at radius 3 is 2.74 bits per heavy atom. The highest BCUT2D eigenvalue weighted by atomic mass is 32.2. The molecule has 0 unspecified atom stereocenters. The zero-order valence-electron chi connectivity index (χ0n) is 11.1. The second-order valence-electron chi connectivity index (χ2n) is 4.53. The van der Waals surface area contributed by atoms with Crippen LogP contribution in [-0.4, -0.2) is 34.3 Å². The van der Waals surface area contributed by atoms with Crippen LogP contribution in [-0.2, 0) is 15.5 Å². The van der Waals surface area contributed by atoms with Gasteiger partial charge in [0.15, 0.2) is 0 Å². The van der Waals surface area contributed by atoms with Gasteiger partial charge in [0, 0.05) is 34.0 Å². The van der Waals surface area contributed by atoms with E-state index in [0.29, 0.717) is 12.2 Å². The lowest BCUT2D eigenvalue weighted by Crippen LogP contribution is -2.30. The maximum absolute atomic E-state index is 11.8. The molecule has 0 bridgehead atoms. The normalized spacial score (nSPS) is 22.8. The predicted octanol–water partition coefficient (Wildman–Crippen LogP) is 2.19. The largest absolute Gasteiger partial charge is 0.462 e. The van der Waals surface area contributed by atoms with Crippen LogP contribution < -0.4 is 5.32 Å². The number of nitrogens with one attached hydrogen (secondary N) is 1. The number of carbonyl (C=O) groups is 1. The molecule has 0 aliphatic carbocycles. The maximum Gasteiger partial charge on any atom is 0.340 e. The Balaban J connectivity index is 2.07. The molecule has 0 radical (unpaired) electrons. The fourth-order valence-electron chi connectivity index (χ4n) is 2.15. The molecule has 1 saturated heterocycles. The summed E-state index contributed by atoms with van der Waals surface area (Å²) in [5.41, 5.74) is 1.37. The summed E-state index contributed by atoms with van der Waals surface area (Å²) in [6.07, 6.45) is 1.76. The predicted molar refractivity (Wildman–Crippen MR) is 76.9 cm³/mol. The Morgan fingerprint density at radius 2 is 2.05 bits per heavy atom. The van der Waals surface area contributed by atoms with Crippen LogP contribution >= 0.6 is 0 Å². The van der Waals surface area contributed by atoms with Crippen molar-refractivity contribution in [2.24, 2.45) is 0 Å². The minimum Gasteiger partial charge on any atom is -0.462 e. The fourth-order valence-corrected chi connectivity index (χ4v) is 3.45. The third-order valence-electron chi connectivity index (χ3n) is 3.17. The molecule has 19 heavy (non-hydrogen) atoms. The van der Waals surface area contributed by atoms with Gasteiger partial charge in [-0.2, -0.15) is 0 Å². The van der Waals surface area contributed by atoms with Crippen molar-refractivity contribution < 1.29 is 13.7 Å². The highest BCUT2D eigenvalue weighted by Crippen LogP contribution is 2.21. The zero-order valence-corrected chi connectivity index (χ0v) is 11.9. The molecule has 1 aromatic rings. The van der Waals surface area contributed by atoms with Gasteiger partial charge in [0.25, 0.3) is 0 Å². The number of hydrogen-bond donors (Lipinski definition) is 1. The SMILES string of the molecule is CCOC(=O)c1ccccc1NC1CCS(=O)CC1. The van der Waals surface area contributed by atoms with Gasteiger partial charge in [-0.3, -0.25) is 4.21 Å². The molecule has 1 N–H and O–H groups in total. The average molecular weight is 281 g/mol. The number of carbonyl (C=O) groups excluding carboxylic acids is 1. The number of rotatable bonds is 4. The van der Waals surface area contributed by atoms with E-state index in [9.17, 15) is 9.00 Å². The number of hydrogen-bond acceptors (Lipinski definition) is 4. The molecule has 1 aliphatic heterocycles. The van der Waals surface area contributed by atoms with E-state index in [4.69, 9.17) is 4.74 Å². The Labute approximate surface area is 116 Å². The van der Waals surface area contributed by atoms with Gasteiger partial charge >= 0.3 is 5.97 Å². The smallest absolute Gasteiger partial charge is 0.340 e. The van der Waals surface area contributed by atoms with Gasteiger partial charge in [-0.05, 0) is 31.9 Å². The van der Waals surface area contributed by atoms with E-state index in [0.717, 1.165) is 30.0 Å². The molecular weight excluding hydrogens is 262 g/mol. The van der Waals surface area contributed by atoms with Crippen molar-refractivity contribution in [3.05, 3.63) is 29.8 Å². The Kier molecular flexibility index (Phi) is 4.96. The van der Waals surface area contributed by atoms with Gasteiger partial charge in [-0.25, -0.2) is 4.79 Å². The van der Waals surface area contributed by atoms with Crippen LogP contribution in [0.1, 0.15) is 30.1 Å². The third kappa shape index (κ3) is 3.80. The summed E-state index contributed by atoms with van der Waals surface area (Å²) in [6, 6.07) is 7.66. The molecule has 1 aliphatic rings. The van der Waals surface area contributed by atoms with E-state index in [-0.39, 0.29) is 12.0 Å². The van der Waals surface area contributed by atoms with Crippen LogP contribution in [0.4, 0.5) is 5.69 Å². The lowest BCUT2D eigenvalue weighted by atomic mass is 10.1. The van der Waals surface area contributed by atoms with Crippen LogP contribution in [0.3, 0.4) is 0 Å². The quantitative estimate of drug-likeness (QED) is 0.860. The third-order valence-corrected chi connectivity index (χ3v) is 4.55. The minimum absolute atomic E-state index is 0.285. The van der Waals surface area contributed by atoms with Gasteiger partial charge < -0.3 is 10.1 Å². The standard InChI is InChI=1S/C14H19NO3S/c1-2-18-14(16)12-5-3-4-6-13(12)15-11-7-9-19(17)10-8-11/h3-6,11,15H,2,7-10H2,1H3. The van der Waals surface area contributed by atoms with Gasteiger partial charge in [0.2, 0.25) is 0 Å². The lowest BCUT2D eigenvalue weighted by molar-refractivity contribution is 0.0527. The van der Waals surface area contributed by atoms with Crippen molar-refractivity contribution in [1.82, 2.24) is 0 Å². The summed E-state index contributed by atoms with van der Waals surface area (Å²) >= 11 is 0. The van der Waals surface area contributed by atoms with Crippen molar-refractivity contribution in [2.45, 2.75) is 25.8 Å². The molecule has 0 saturated carbocycles. The molecule has 1 fully saturated rings. The topological polar surface area (TPSA) is 55.4 Å². The highest BCUT2D eigenvalue weighted by molar-refractivity contribution is 7.85. The molecule has 2 rings (SSSR count). The number of anilines is 1. The number of para-hydroxylation sites is 1. The highest BCUT2D eigenvalue weighted by Gasteiger charge is 2.20. The van der Waals surface area contributed by atoms with Crippen LogP contribution in [0, 0.1) is 0 Å². The summed E-state index contributed by atoms with van der Waals surface area (Å²) in [4.78, 5) is 11.8. The Morgan fingerprint density at radius 1 is 1.37 bits per heavy atom. The van der Waals surface area contributed by atoms with Crippen LogP contribution in [0.2, 0.25) is 0 Å². The second-order valence-corrected chi connectivity index (χ2v) is 6.23. The molecule has 104 valence electrons. The van der Waals surface area contributed by atoms with Gasteiger partial charge in [0.05, 0.1) is 12.2 Å². The summed E-state index contributed by atoms with van der Waals surface area (Å²) in [5, 5.41) is 3.37. The van der Waals surface area contributed by atoms with Gasteiger partial charge in [0.1, 0.15) is 0 Å². The molecule has 4 nitrogen and oxygen atoms in total. The maximum atomic E-state index is 11.8. The van der Waals surface area contributed by atoms with Gasteiger partial charge in [-0.15, -0.1) is 0 Å². The molecule has 0 spiro atoms. The first kappa shape index (κ1) is 14.1. The van der Waals surface area contributed by atoms with Crippen molar-refractivity contribution in [3.63, 3.8) is 0 Å². The van der Waals surface area contributed by atoms with Gasteiger partial charge in [-0.1, -0.05) is 12.1 Å². The molecule has 1 aromatic carbocycles. The number of benzene rings is 1. The fraction of sp³-hybridized carbons (Fsp3) is 0.500. The van der Waals surface area contributed by atoms with Crippen molar-refractivity contribution in [2.75, 3.05) is 23.4 Å². The van der Waals surface area contributed by atoms with Crippen molar-refractivity contribution >= 4 is 22.5 Å². The summed E-state index contributed by atoms with van der Waals surface area (Å²) in [7, 11) is -0.668. The van der Waals surface area contributed by atoms with Crippen LogP contribution in [0.5, 0.6) is 0 Å². The molecule has 5 heteroatoms. The average Bonchev–Trinajstić information content (AvgIpc) is 2.42. The lowest BCUT2D eigenvalue weighted by Gasteiger charge is -2.24. The monoisotopic (exact) mass is 281 g/mol. The molecular formula is C14H19NO3S. The van der Waals surface area contributed by atoms with Crippen molar-refractivity contribution in [3.8, 4) is 0 Å². The van der Waals surface area contributed by atoms with E-state index in [2.05, 4.69) is 5.32 Å².